The molecule has 3 nitrogen and oxygen atoms in total. The topological polar surface area (TPSA) is 49.7 Å². The Labute approximate surface area is 190 Å². The second kappa shape index (κ2) is 24.0. The van der Waals surface area contributed by atoms with Gasteiger partial charge in [0, 0.05) is 0 Å². The maximum atomic E-state index is 9.26. The molecule has 2 N–H and O–H groups in total. The van der Waals surface area contributed by atoms with Crippen LogP contribution in [0.4, 0.5) is 0 Å². The normalized spacial score (nSPS) is 13.8. The van der Waals surface area contributed by atoms with Crippen LogP contribution in [0, 0.1) is 11.8 Å². The maximum Gasteiger partial charge on any atom is 0.327 e. The average molecular weight is 447 g/mol. The Hall–Kier alpha value is 0.310. The maximum absolute atomic E-state index is 9.26. The van der Waals surface area contributed by atoms with Gasteiger partial charge in [-0.2, -0.15) is 0 Å². The van der Waals surface area contributed by atoms with Crippen molar-refractivity contribution in [2.45, 2.75) is 149 Å². The monoisotopic (exact) mass is 446 g/mol. The molecule has 0 bridgehead atoms. The quantitative estimate of drug-likeness (QED) is 0.115. The van der Waals surface area contributed by atoms with Crippen molar-refractivity contribution in [3.05, 3.63) is 0 Å². The molecule has 0 aliphatic carbocycles. The molecule has 0 radical (unpaired) electrons. The van der Waals surface area contributed by atoms with Gasteiger partial charge < -0.3 is 14.3 Å². The number of hydrogen-bond donors (Lipinski definition) is 2. The van der Waals surface area contributed by atoms with E-state index in [-0.39, 0.29) is 0 Å². The first kappa shape index (κ1) is 30.3. The summed E-state index contributed by atoms with van der Waals surface area (Å²) in [5.41, 5.74) is 0. The van der Waals surface area contributed by atoms with Gasteiger partial charge in [0.25, 0.3) is 0 Å². The molecule has 30 heavy (non-hydrogen) atoms. The molecule has 0 aliphatic heterocycles. The highest BCUT2D eigenvalue weighted by molar-refractivity contribution is 7.39. The van der Waals surface area contributed by atoms with E-state index in [1.165, 1.54) is 128 Å². The third kappa shape index (κ3) is 20.2. The Morgan fingerprint density at radius 2 is 0.900 bits per heavy atom. The largest absolute Gasteiger partial charge is 0.328 e. The SMILES string of the molecule is CCCCCCCCCCCC(COP(O)O)C(CCC)CCCCCCCCC. The molecular weight excluding hydrogens is 391 g/mol. The minimum Gasteiger partial charge on any atom is -0.328 e. The number of hydrogen-bond acceptors (Lipinski definition) is 3. The van der Waals surface area contributed by atoms with Gasteiger partial charge in [0.15, 0.2) is 0 Å². The predicted molar refractivity (Wildman–Crippen MR) is 134 cm³/mol. The summed E-state index contributed by atoms with van der Waals surface area (Å²) < 4.78 is 5.31. The highest BCUT2D eigenvalue weighted by atomic mass is 31.2. The summed E-state index contributed by atoms with van der Waals surface area (Å²) in [5, 5.41) is 0. The van der Waals surface area contributed by atoms with Gasteiger partial charge in [-0.1, -0.05) is 143 Å². The van der Waals surface area contributed by atoms with E-state index in [0.717, 1.165) is 0 Å². The van der Waals surface area contributed by atoms with Gasteiger partial charge in [0.2, 0.25) is 0 Å². The van der Waals surface area contributed by atoms with Crippen molar-refractivity contribution in [2.75, 3.05) is 6.61 Å². The van der Waals surface area contributed by atoms with E-state index in [1.807, 2.05) is 0 Å². The van der Waals surface area contributed by atoms with Crippen LogP contribution in [-0.2, 0) is 4.52 Å². The first-order valence-corrected chi connectivity index (χ1v) is 14.6. The van der Waals surface area contributed by atoms with Gasteiger partial charge in [0.05, 0.1) is 6.61 Å². The molecule has 0 saturated carbocycles. The van der Waals surface area contributed by atoms with E-state index in [2.05, 4.69) is 20.8 Å². The second-order valence-corrected chi connectivity index (χ2v) is 10.1. The zero-order valence-corrected chi connectivity index (χ0v) is 21.6. The molecule has 0 aliphatic rings. The summed E-state index contributed by atoms with van der Waals surface area (Å²) in [7, 11) is -2.22. The van der Waals surface area contributed by atoms with Gasteiger partial charge in [-0.3, -0.25) is 0 Å². The van der Waals surface area contributed by atoms with Crippen LogP contribution in [0.5, 0.6) is 0 Å². The zero-order chi connectivity index (χ0) is 22.3. The molecule has 0 aromatic rings. The third-order valence-corrected chi connectivity index (χ3v) is 6.97. The zero-order valence-electron chi connectivity index (χ0n) is 20.8. The van der Waals surface area contributed by atoms with E-state index in [1.54, 1.807) is 0 Å². The lowest BCUT2D eigenvalue weighted by Gasteiger charge is -2.27. The van der Waals surface area contributed by atoms with Gasteiger partial charge in [-0.05, 0) is 18.3 Å². The second-order valence-electron chi connectivity index (χ2n) is 9.38. The fraction of sp³-hybridized carbons (Fsp3) is 1.00. The van der Waals surface area contributed by atoms with Crippen molar-refractivity contribution in [2.24, 2.45) is 11.8 Å². The first-order valence-electron chi connectivity index (χ1n) is 13.5. The minimum atomic E-state index is -2.22. The van der Waals surface area contributed by atoms with Crippen molar-refractivity contribution in [1.29, 1.82) is 0 Å². The van der Waals surface area contributed by atoms with Crippen molar-refractivity contribution in [1.82, 2.24) is 0 Å². The Morgan fingerprint density at radius 1 is 0.500 bits per heavy atom. The molecule has 0 aromatic heterocycles. The third-order valence-electron chi connectivity index (χ3n) is 6.59. The standard InChI is InChI=1S/C26H55O3P/c1-4-7-9-11-13-14-16-18-20-23-26(24-29-30(27)28)25(21-6-3)22-19-17-15-12-10-8-5-2/h25-28H,4-24H2,1-3H3. The van der Waals surface area contributed by atoms with Crippen LogP contribution < -0.4 is 0 Å². The summed E-state index contributed by atoms with van der Waals surface area (Å²) in [4.78, 5) is 18.5. The van der Waals surface area contributed by atoms with Gasteiger partial charge >= 0.3 is 8.60 Å². The van der Waals surface area contributed by atoms with Crippen LogP contribution >= 0.6 is 8.60 Å². The average Bonchev–Trinajstić information content (AvgIpc) is 2.73. The van der Waals surface area contributed by atoms with E-state index in [9.17, 15) is 9.79 Å². The lowest BCUT2D eigenvalue weighted by Crippen LogP contribution is -2.20. The molecule has 4 heteroatoms. The van der Waals surface area contributed by atoms with Gasteiger partial charge in [-0.15, -0.1) is 0 Å². The Morgan fingerprint density at radius 3 is 1.30 bits per heavy atom. The molecular formula is C26H55O3P. The summed E-state index contributed by atoms with van der Waals surface area (Å²) in [6.45, 7) is 7.35. The highest BCUT2D eigenvalue weighted by Crippen LogP contribution is 2.33. The predicted octanol–water partition coefficient (Wildman–Crippen LogP) is 9.31. The fourth-order valence-electron chi connectivity index (χ4n) is 4.68. The fourth-order valence-corrected chi connectivity index (χ4v) is 5.01. The Kier molecular flexibility index (Phi) is 24.2. The molecule has 0 rings (SSSR count). The number of unbranched alkanes of at least 4 members (excludes halogenated alkanes) is 14. The molecule has 0 fully saturated rings. The van der Waals surface area contributed by atoms with E-state index in [0.29, 0.717) is 18.4 Å². The molecule has 0 saturated heterocycles. The summed E-state index contributed by atoms with van der Waals surface area (Å²) in [6, 6.07) is 0. The Balaban J connectivity index is 4.19. The van der Waals surface area contributed by atoms with Crippen molar-refractivity contribution < 1.29 is 14.3 Å². The van der Waals surface area contributed by atoms with Crippen molar-refractivity contribution >= 4 is 8.60 Å². The van der Waals surface area contributed by atoms with Crippen LogP contribution in [0.1, 0.15) is 149 Å². The summed E-state index contributed by atoms with van der Waals surface area (Å²) in [6.07, 6.45) is 26.6. The number of rotatable bonds is 24. The lowest BCUT2D eigenvalue weighted by atomic mass is 9.81. The molecule has 182 valence electrons. The molecule has 0 amide bonds. The molecule has 2 atom stereocenters. The minimum absolute atomic E-state index is 0.485. The van der Waals surface area contributed by atoms with Crippen LogP contribution in [-0.4, -0.2) is 16.4 Å². The van der Waals surface area contributed by atoms with Gasteiger partial charge in [0.1, 0.15) is 0 Å². The van der Waals surface area contributed by atoms with Crippen LogP contribution in [0.3, 0.4) is 0 Å². The van der Waals surface area contributed by atoms with Crippen LogP contribution in [0.25, 0.3) is 0 Å². The van der Waals surface area contributed by atoms with Crippen molar-refractivity contribution in [3.8, 4) is 0 Å². The van der Waals surface area contributed by atoms with E-state index >= 15 is 0 Å². The molecule has 0 heterocycles. The Bertz CT molecular complexity index is 325. The van der Waals surface area contributed by atoms with Gasteiger partial charge in [-0.25, -0.2) is 0 Å². The van der Waals surface area contributed by atoms with E-state index in [4.69, 9.17) is 4.52 Å². The van der Waals surface area contributed by atoms with Crippen LogP contribution in [0.2, 0.25) is 0 Å². The van der Waals surface area contributed by atoms with Crippen molar-refractivity contribution in [3.63, 3.8) is 0 Å². The highest BCUT2D eigenvalue weighted by Gasteiger charge is 2.22. The first-order chi connectivity index (χ1) is 14.7. The van der Waals surface area contributed by atoms with E-state index < -0.39 is 8.60 Å². The summed E-state index contributed by atoms with van der Waals surface area (Å²) >= 11 is 0. The summed E-state index contributed by atoms with van der Waals surface area (Å²) in [5.74, 6) is 1.16. The molecule has 0 aromatic carbocycles. The lowest BCUT2D eigenvalue weighted by molar-refractivity contribution is 0.148. The molecule has 2 unspecified atom stereocenters. The van der Waals surface area contributed by atoms with Crippen LogP contribution in [0.15, 0.2) is 0 Å². The smallest absolute Gasteiger partial charge is 0.327 e. The molecule has 0 spiro atoms.